The van der Waals surface area contributed by atoms with E-state index in [-0.39, 0.29) is 5.91 Å². The maximum Gasteiger partial charge on any atom is 0.221 e. The molecule has 0 unspecified atom stereocenters. The van der Waals surface area contributed by atoms with Crippen molar-refractivity contribution in [3.05, 3.63) is 24.0 Å². The number of hydrogen-bond acceptors (Lipinski definition) is 3. The second-order valence-corrected chi connectivity index (χ2v) is 6.62. The molecule has 2 aromatic rings. The fourth-order valence-electron chi connectivity index (χ4n) is 3.35. The Hall–Kier alpha value is -1.88. The van der Waals surface area contributed by atoms with E-state index < -0.39 is 0 Å². The number of nitrogens with one attached hydrogen (secondary N) is 1. The smallest absolute Gasteiger partial charge is 0.221 e. The van der Waals surface area contributed by atoms with Crippen LogP contribution in [0.15, 0.2) is 18.2 Å². The molecule has 124 valence electrons. The molecular formula is C18H26N4O. The topological polar surface area (TPSA) is 50.2 Å². The molecule has 1 aliphatic heterocycles. The molecule has 3 rings (SSSR count). The Morgan fingerprint density at radius 3 is 2.74 bits per heavy atom. The van der Waals surface area contributed by atoms with Gasteiger partial charge in [0.05, 0.1) is 17.6 Å². The molecule has 1 fully saturated rings. The van der Waals surface area contributed by atoms with E-state index in [1.54, 1.807) is 0 Å². The van der Waals surface area contributed by atoms with Gasteiger partial charge in [-0.25, -0.2) is 4.98 Å². The third-order valence-corrected chi connectivity index (χ3v) is 4.71. The Labute approximate surface area is 137 Å². The first-order valence-corrected chi connectivity index (χ1v) is 8.56. The van der Waals surface area contributed by atoms with Gasteiger partial charge >= 0.3 is 0 Å². The van der Waals surface area contributed by atoms with Gasteiger partial charge in [0.15, 0.2) is 0 Å². The van der Waals surface area contributed by atoms with Crippen LogP contribution in [-0.4, -0.2) is 33.4 Å². The normalized spacial score (nSPS) is 16.8. The minimum atomic E-state index is -0.0538. The fraction of sp³-hybridized carbons (Fsp3) is 0.556. The van der Waals surface area contributed by atoms with E-state index in [2.05, 4.69) is 34.7 Å². The minimum absolute atomic E-state index is 0.0538. The molecule has 5 heteroatoms. The van der Waals surface area contributed by atoms with Crippen LogP contribution in [0.2, 0.25) is 0 Å². The van der Waals surface area contributed by atoms with Crippen molar-refractivity contribution in [2.45, 2.75) is 46.7 Å². The van der Waals surface area contributed by atoms with Crippen molar-refractivity contribution in [1.82, 2.24) is 14.5 Å². The van der Waals surface area contributed by atoms with Crippen LogP contribution in [0.5, 0.6) is 0 Å². The highest BCUT2D eigenvalue weighted by Gasteiger charge is 2.19. The molecule has 0 spiro atoms. The summed E-state index contributed by atoms with van der Waals surface area (Å²) < 4.78 is 2.28. The molecule has 0 saturated carbocycles. The Morgan fingerprint density at radius 1 is 1.35 bits per heavy atom. The summed E-state index contributed by atoms with van der Waals surface area (Å²) in [5.74, 6) is 1.91. The summed E-state index contributed by atoms with van der Waals surface area (Å²) in [6.07, 6.45) is 2.55. The maximum atomic E-state index is 11.2. The SMILES string of the molecule is CCn1c(CN2CCC(C)CC2)nc2cc(NC(C)=O)ccc21. The van der Waals surface area contributed by atoms with Crippen LogP contribution in [-0.2, 0) is 17.9 Å². The zero-order chi connectivity index (χ0) is 16.4. The number of aromatic nitrogens is 2. The molecule has 1 aromatic heterocycles. The third kappa shape index (κ3) is 3.55. The van der Waals surface area contributed by atoms with E-state index in [0.29, 0.717) is 0 Å². The van der Waals surface area contributed by atoms with E-state index in [0.717, 1.165) is 54.6 Å². The van der Waals surface area contributed by atoms with Crippen LogP contribution < -0.4 is 5.32 Å². The number of likely N-dealkylation sites (tertiary alicyclic amines) is 1. The summed E-state index contributed by atoms with van der Waals surface area (Å²) in [7, 11) is 0. The Balaban J connectivity index is 1.85. The number of hydrogen-bond donors (Lipinski definition) is 1. The fourth-order valence-corrected chi connectivity index (χ4v) is 3.35. The van der Waals surface area contributed by atoms with Gasteiger partial charge in [-0.15, -0.1) is 0 Å². The second-order valence-electron chi connectivity index (χ2n) is 6.62. The van der Waals surface area contributed by atoms with E-state index in [9.17, 15) is 4.79 Å². The predicted molar refractivity (Wildman–Crippen MR) is 93.4 cm³/mol. The van der Waals surface area contributed by atoms with Crippen molar-refractivity contribution in [2.24, 2.45) is 5.92 Å². The van der Waals surface area contributed by atoms with Gasteiger partial charge in [0.25, 0.3) is 0 Å². The van der Waals surface area contributed by atoms with Gasteiger partial charge in [-0.1, -0.05) is 6.92 Å². The summed E-state index contributed by atoms with van der Waals surface area (Å²) in [5, 5.41) is 2.83. The second kappa shape index (κ2) is 6.71. The molecule has 1 aliphatic rings. The van der Waals surface area contributed by atoms with E-state index in [4.69, 9.17) is 4.98 Å². The molecule has 0 aliphatic carbocycles. The molecule has 0 radical (unpaired) electrons. The van der Waals surface area contributed by atoms with Gasteiger partial charge in [0.2, 0.25) is 5.91 Å². The highest BCUT2D eigenvalue weighted by Crippen LogP contribution is 2.23. The number of carbonyl (C=O) groups excluding carboxylic acids is 1. The lowest BCUT2D eigenvalue weighted by Crippen LogP contribution is -2.33. The van der Waals surface area contributed by atoms with Crippen molar-refractivity contribution in [3.8, 4) is 0 Å². The number of benzene rings is 1. The molecular weight excluding hydrogens is 288 g/mol. The number of aryl methyl sites for hydroxylation is 1. The zero-order valence-corrected chi connectivity index (χ0v) is 14.3. The molecule has 0 bridgehead atoms. The number of amides is 1. The molecule has 1 saturated heterocycles. The largest absolute Gasteiger partial charge is 0.327 e. The minimum Gasteiger partial charge on any atom is -0.327 e. The predicted octanol–water partition coefficient (Wildman–Crippen LogP) is 3.25. The number of fused-ring (bicyclic) bond motifs is 1. The average molecular weight is 314 g/mol. The van der Waals surface area contributed by atoms with Crippen molar-refractivity contribution in [3.63, 3.8) is 0 Å². The van der Waals surface area contributed by atoms with Crippen molar-refractivity contribution < 1.29 is 4.79 Å². The van der Waals surface area contributed by atoms with Gasteiger partial charge in [0, 0.05) is 19.2 Å². The molecule has 1 N–H and O–H groups in total. The van der Waals surface area contributed by atoms with Crippen LogP contribution in [0.25, 0.3) is 11.0 Å². The quantitative estimate of drug-likeness (QED) is 0.942. The van der Waals surface area contributed by atoms with Crippen LogP contribution in [0, 0.1) is 5.92 Å². The summed E-state index contributed by atoms with van der Waals surface area (Å²) in [4.78, 5) is 18.6. The summed E-state index contributed by atoms with van der Waals surface area (Å²) >= 11 is 0. The van der Waals surface area contributed by atoms with Gasteiger partial charge in [-0.05, 0) is 57.0 Å². The lowest BCUT2D eigenvalue weighted by atomic mass is 9.99. The number of piperidine rings is 1. The highest BCUT2D eigenvalue weighted by atomic mass is 16.1. The van der Waals surface area contributed by atoms with Crippen LogP contribution >= 0.6 is 0 Å². The van der Waals surface area contributed by atoms with Gasteiger partial charge in [-0.2, -0.15) is 0 Å². The molecule has 1 aromatic carbocycles. The number of anilines is 1. The number of rotatable bonds is 4. The van der Waals surface area contributed by atoms with E-state index in [1.165, 1.54) is 19.8 Å². The first kappa shape index (κ1) is 16.0. The maximum absolute atomic E-state index is 11.2. The average Bonchev–Trinajstić information content (AvgIpc) is 2.85. The van der Waals surface area contributed by atoms with Crippen molar-refractivity contribution >= 4 is 22.6 Å². The van der Waals surface area contributed by atoms with Crippen LogP contribution in [0.4, 0.5) is 5.69 Å². The van der Waals surface area contributed by atoms with Gasteiger partial charge in [0.1, 0.15) is 5.82 Å². The number of carbonyl (C=O) groups is 1. The first-order chi connectivity index (χ1) is 11.1. The van der Waals surface area contributed by atoms with Crippen LogP contribution in [0.3, 0.4) is 0 Å². The molecule has 1 amide bonds. The third-order valence-electron chi connectivity index (χ3n) is 4.71. The standard InChI is InChI=1S/C18H26N4O/c1-4-22-17-6-5-15(19-14(3)23)11-16(17)20-18(22)12-21-9-7-13(2)8-10-21/h5-6,11,13H,4,7-10,12H2,1-3H3,(H,19,23). The number of imidazole rings is 1. The first-order valence-electron chi connectivity index (χ1n) is 8.56. The molecule has 23 heavy (non-hydrogen) atoms. The molecule has 0 atom stereocenters. The Morgan fingerprint density at radius 2 is 2.09 bits per heavy atom. The van der Waals surface area contributed by atoms with Crippen molar-refractivity contribution in [2.75, 3.05) is 18.4 Å². The van der Waals surface area contributed by atoms with Gasteiger partial charge in [-0.3, -0.25) is 9.69 Å². The highest BCUT2D eigenvalue weighted by molar-refractivity contribution is 5.91. The van der Waals surface area contributed by atoms with Crippen LogP contribution in [0.1, 0.15) is 39.4 Å². The van der Waals surface area contributed by atoms with Gasteiger partial charge < -0.3 is 9.88 Å². The monoisotopic (exact) mass is 314 g/mol. The van der Waals surface area contributed by atoms with E-state index >= 15 is 0 Å². The number of nitrogens with zero attached hydrogens (tertiary/aromatic N) is 3. The Bertz CT molecular complexity index is 698. The zero-order valence-electron chi connectivity index (χ0n) is 14.3. The Kier molecular flexibility index (Phi) is 4.66. The summed E-state index contributed by atoms with van der Waals surface area (Å²) in [6.45, 7) is 10.2. The lowest BCUT2D eigenvalue weighted by molar-refractivity contribution is -0.114. The lowest BCUT2D eigenvalue weighted by Gasteiger charge is -2.29. The molecule has 5 nitrogen and oxygen atoms in total. The summed E-state index contributed by atoms with van der Waals surface area (Å²) in [6, 6.07) is 5.97. The summed E-state index contributed by atoms with van der Waals surface area (Å²) in [5.41, 5.74) is 2.91. The van der Waals surface area contributed by atoms with E-state index in [1.807, 2.05) is 12.1 Å². The van der Waals surface area contributed by atoms with Crippen molar-refractivity contribution in [1.29, 1.82) is 0 Å². The molecule has 2 heterocycles.